The second-order valence-corrected chi connectivity index (χ2v) is 13.2. The number of amides is 2. The number of hydrogen-bond donors (Lipinski definition) is 2. The number of anilines is 1. The Labute approximate surface area is 269 Å². The summed E-state index contributed by atoms with van der Waals surface area (Å²) in [7, 11) is 1.80. The Bertz CT molecular complexity index is 1550. The molecule has 12 nitrogen and oxygen atoms in total. The number of carbonyl (C=O) groups is 2. The van der Waals surface area contributed by atoms with Crippen LogP contribution < -0.4 is 10.1 Å². The lowest BCUT2D eigenvalue weighted by atomic mass is 9.94. The first-order valence-corrected chi connectivity index (χ1v) is 16.8. The summed E-state index contributed by atoms with van der Waals surface area (Å²) in [5.41, 5.74) is 3.43. The Hall–Kier alpha value is -4.03. The van der Waals surface area contributed by atoms with Crippen LogP contribution >= 0.6 is 0 Å². The number of ether oxygens (including phenoxy) is 1. The van der Waals surface area contributed by atoms with Crippen LogP contribution in [0.15, 0.2) is 42.6 Å². The van der Waals surface area contributed by atoms with Crippen molar-refractivity contribution >= 4 is 17.6 Å². The third-order valence-electron chi connectivity index (χ3n) is 10.0. The normalized spacial score (nSPS) is 22.9. The van der Waals surface area contributed by atoms with E-state index in [0.717, 1.165) is 58.0 Å². The molecule has 4 aliphatic rings. The van der Waals surface area contributed by atoms with Gasteiger partial charge in [0.05, 0.1) is 6.10 Å². The number of fused-ring (bicyclic) bond motifs is 1. The summed E-state index contributed by atoms with van der Waals surface area (Å²) in [6.07, 6.45) is 8.46. The van der Waals surface area contributed by atoms with Gasteiger partial charge in [-0.2, -0.15) is 15.1 Å². The fourth-order valence-electron chi connectivity index (χ4n) is 7.44. The highest BCUT2D eigenvalue weighted by Crippen LogP contribution is 2.28. The van der Waals surface area contributed by atoms with Gasteiger partial charge in [0.15, 0.2) is 0 Å². The van der Waals surface area contributed by atoms with Crippen LogP contribution in [-0.2, 0) is 20.0 Å². The van der Waals surface area contributed by atoms with Crippen LogP contribution in [0.3, 0.4) is 0 Å². The predicted octanol–water partition coefficient (Wildman–Crippen LogP) is 2.88. The molecule has 7 rings (SSSR count). The first kappa shape index (κ1) is 30.6. The molecule has 2 aromatic heterocycles. The number of piperidine rings is 2. The van der Waals surface area contributed by atoms with Crippen molar-refractivity contribution in [3.63, 3.8) is 0 Å². The highest BCUT2D eigenvalue weighted by Gasteiger charge is 2.36. The molecule has 2 saturated heterocycles. The SMILES string of the molecule is Cn1ccc(C(=O)N2CCC(Nc3cc(C(=O)N4CC[C@@H](N5CCc6ccccc6C5)[C@H](O)C4)nc(OC4CCCC4)n3)CC2)n1. The minimum Gasteiger partial charge on any atom is -0.460 e. The second-order valence-electron chi connectivity index (χ2n) is 13.2. The van der Waals surface area contributed by atoms with Gasteiger partial charge < -0.3 is 25.0 Å². The lowest BCUT2D eigenvalue weighted by Crippen LogP contribution is -2.56. The van der Waals surface area contributed by atoms with E-state index < -0.39 is 6.10 Å². The van der Waals surface area contributed by atoms with Crippen molar-refractivity contribution in [1.29, 1.82) is 0 Å². The maximum absolute atomic E-state index is 13.9. The number of likely N-dealkylation sites (tertiary alicyclic amines) is 2. The van der Waals surface area contributed by atoms with Crippen LogP contribution in [0.5, 0.6) is 6.01 Å². The Morgan fingerprint density at radius 1 is 0.891 bits per heavy atom. The van der Waals surface area contributed by atoms with E-state index in [4.69, 9.17) is 4.74 Å². The van der Waals surface area contributed by atoms with E-state index >= 15 is 0 Å². The molecule has 3 aliphatic heterocycles. The van der Waals surface area contributed by atoms with Gasteiger partial charge in [0.2, 0.25) is 0 Å². The molecule has 5 heterocycles. The standard InChI is InChI=1S/C34H44N8O4/c1-39-15-13-27(38-39)32(44)40-17-11-25(12-18-40)35-31-20-28(36-34(37-31)46-26-8-4-5-9-26)33(45)42-19-14-29(30(43)22-42)41-16-10-23-6-2-3-7-24(23)21-41/h2-3,6-7,13,15,20,25-26,29-30,43H,4-5,8-12,14,16-19,21-22H2,1H3,(H,35,36,37)/t29-,30-/m1/s1. The average molecular weight is 629 g/mol. The van der Waals surface area contributed by atoms with E-state index in [-0.39, 0.29) is 48.3 Å². The first-order chi connectivity index (χ1) is 22.4. The van der Waals surface area contributed by atoms with Crippen molar-refractivity contribution in [2.24, 2.45) is 7.05 Å². The van der Waals surface area contributed by atoms with Gasteiger partial charge in [0.1, 0.15) is 23.3 Å². The van der Waals surface area contributed by atoms with E-state index in [1.165, 1.54) is 11.1 Å². The van der Waals surface area contributed by atoms with Gasteiger partial charge in [0, 0.05) is 70.7 Å². The molecule has 46 heavy (non-hydrogen) atoms. The maximum atomic E-state index is 13.9. The van der Waals surface area contributed by atoms with E-state index in [0.29, 0.717) is 37.6 Å². The zero-order chi connectivity index (χ0) is 31.6. The van der Waals surface area contributed by atoms with Gasteiger partial charge in [-0.15, -0.1) is 0 Å². The van der Waals surface area contributed by atoms with Gasteiger partial charge in [-0.3, -0.25) is 19.2 Å². The van der Waals surface area contributed by atoms with Crippen molar-refractivity contribution in [1.82, 2.24) is 34.4 Å². The summed E-state index contributed by atoms with van der Waals surface area (Å²) in [5.74, 6) is 0.263. The highest BCUT2D eigenvalue weighted by atomic mass is 16.5. The number of β-amino-alcohol motifs (C(OH)–C–C–N with tert-alkyl or cyclic N) is 1. The summed E-state index contributed by atoms with van der Waals surface area (Å²) in [4.78, 5) is 41.9. The first-order valence-electron chi connectivity index (χ1n) is 16.8. The Kier molecular flexibility index (Phi) is 8.90. The Morgan fingerprint density at radius 2 is 1.63 bits per heavy atom. The van der Waals surface area contributed by atoms with Crippen LogP contribution in [0.25, 0.3) is 0 Å². The number of nitrogens with zero attached hydrogens (tertiary/aromatic N) is 7. The van der Waals surface area contributed by atoms with Crippen molar-refractivity contribution in [2.75, 3.05) is 38.0 Å². The van der Waals surface area contributed by atoms with E-state index in [9.17, 15) is 14.7 Å². The quantitative estimate of drug-likeness (QED) is 0.406. The number of aliphatic hydroxyl groups excluding tert-OH is 1. The molecule has 0 bridgehead atoms. The molecular formula is C34H44N8O4. The van der Waals surface area contributed by atoms with Crippen molar-refractivity contribution in [3.05, 3.63) is 65.1 Å². The number of benzene rings is 1. The predicted molar refractivity (Wildman–Crippen MR) is 172 cm³/mol. The number of nitrogens with one attached hydrogen (secondary N) is 1. The molecule has 1 aliphatic carbocycles. The minimum absolute atomic E-state index is 0.0108. The fourth-order valence-corrected chi connectivity index (χ4v) is 7.44. The number of aryl methyl sites for hydroxylation is 1. The maximum Gasteiger partial charge on any atom is 0.319 e. The van der Waals surface area contributed by atoms with E-state index in [1.54, 1.807) is 35.0 Å². The average Bonchev–Trinajstić information content (AvgIpc) is 3.76. The van der Waals surface area contributed by atoms with Gasteiger partial charge in [-0.25, -0.2) is 0 Å². The van der Waals surface area contributed by atoms with Gasteiger partial charge in [0.25, 0.3) is 11.8 Å². The number of rotatable bonds is 7. The van der Waals surface area contributed by atoms with Gasteiger partial charge in [-0.05, 0) is 68.6 Å². The molecule has 3 aromatic rings. The zero-order valence-electron chi connectivity index (χ0n) is 26.6. The molecule has 2 atom stereocenters. The largest absolute Gasteiger partial charge is 0.460 e. The molecule has 0 radical (unpaired) electrons. The number of hydrogen-bond acceptors (Lipinski definition) is 9. The summed E-state index contributed by atoms with van der Waals surface area (Å²) >= 11 is 0. The molecule has 3 fully saturated rings. The molecule has 1 saturated carbocycles. The third kappa shape index (κ3) is 6.73. The lowest BCUT2D eigenvalue weighted by Gasteiger charge is -2.43. The number of aliphatic hydroxyl groups is 1. The van der Waals surface area contributed by atoms with E-state index in [1.807, 2.05) is 4.90 Å². The number of aromatic nitrogens is 4. The van der Waals surface area contributed by atoms with Crippen LogP contribution in [0.4, 0.5) is 5.82 Å². The summed E-state index contributed by atoms with van der Waals surface area (Å²) in [6.45, 7) is 3.75. The fraction of sp³-hybridized carbons (Fsp3) is 0.559. The minimum atomic E-state index is -0.643. The molecule has 12 heteroatoms. The second kappa shape index (κ2) is 13.4. The molecule has 2 N–H and O–H groups in total. The zero-order valence-corrected chi connectivity index (χ0v) is 26.6. The smallest absolute Gasteiger partial charge is 0.319 e. The van der Waals surface area contributed by atoms with Gasteiger partial charge >= 0.3 is 6.01 Å². The topological polar surface area (TPSA) is 129 Å². The molecule has 244 valence electrons. The van der Waals surface area contributed by atoms with Gasteiger partial charge in [-0.1, -0.05) is 24.3 Å². The summed E-state index contributed by atoms with van der Waals surface area (Å²) in [6, 6.07) is 12.3. The van der Waals surface area contributed by atoms with E-state index in [2.05, 4.69) is 49.5 Å². The summed E-state index contributed by atoms with van der Waals surface area (Å²) in [5, 5.41) is 19.0. The Morgan fingerprint density at radius 3 is 2.37 bits per heavy atom. The van der Waals surface area contributed by atoms with Crippen LogP contribution in [-0.4, -0.2) is 108 Å². The van der Waals surface area contributed by atoms with Crippen molar-refractivity contribution in [2.45, 2.75) is 82.2 Å². The van der Waals surface area contributed by atoms with Crippen LogP contribution in [0.2, 0.25) is 0 Å². The Balaban J connectivity index is 1.01. The highest BCUT2D eigenvalue weighted by molar-refractivity contribution is 5.93. The lowest BCUT2D eigenvalue weighted by molar-refractivity contribution is -0.0139. The van der Waals surface area contributed by atoms with Crippen LogP contribution in [0, 0.1) is 0 Å². The van der Waals surface area contributed by atoms with Crippen LogP contribution in [0.1, 0.15) is 77.0 Å². The van der Waals surface area contributed by atoms with Crippen molar-refractivity contribution in [3.8, 4) is 6.01 Å². The molecule has 0 spiro atoms. The number of carbonyl (C=O) groups excluding carboxylic acids is 2. The molecule has 1 aromatic carbocycles. The van der Waals surface area contributed by atoms with Crippen molar-refractivity contribution < 1.29 is 19.4 Å². The molecule has 2 amide bonds. The summed E-state index contributed by atoms with van der Waals surface area (Å²) < 4.78 is 7.81. The molecular weight excluding hydrogens is 584 g/mol. The third-order valence-corrected chi connectivity index (χ3v) is 10.0. The monoisotopic (exact) mass is 628 g/mol. The molecule has 0 unspecified atom stereocenters.